The van der Waals surface area contributed by atoms with Crippen LogP contribution >= 0.6 is 22.9 Å². The van der Waals surface area contributed by atoms with Gasteiger partial charge in [-0.25, -0.2) is 9.37 Å². The van der Waals surface area contributed by atoms with E-state index in [4.69, 9.17) is 11.6 Å². The fourth-order valence-corrected chi connectivity index (χ4v) is 3.28. The van der Waals surface area contributed by atoms with E-state index in [1.807, 2.05) is 0 Å². The van der Waals surface area contributed by atoms with E-state index in [1.54, 1.807) is 30.6 Å². The third-order valence-electron chi connectivity index (χ3n) is 2.76. The molecule has 6 heteroatoms. The van der Waals surface area contributed by atoms with Gasteiger partial charge >= 0.3 is 0 Å². The molecule has 0 bridgehead atoms. The van der Waals surface area contributed by atoms with Crippen molar-refractivity contribution in [3.8, 4) is 0 Å². The Kier molecular flexibility index (Phi) is 3.38. The summed E-state index contributed by atoms with van der Waals surface area (Å²) in [5.74, 6) is -0.656. The monoisotopic (exact) mass is 307 g/mol. The number of nitrogens with one attached hydrogen (secondary N) is 2. The Hall–Kier alpha value is -1.98. The van der Waals surface area contributed by atoms with E-state index in [1.165, 1.54) is 23.5 Å². The molecule has 0 saturated heterocycles. The zero-order chi connectivity index (χ0) is 14.1. The van der Waals surface area contributed by atoms with Crippen LogP contribution in [-0.4, -0.2) is 5.91 Å². The first-order chi connectivity index (χ1) is 9.65. The Morgan fingerprint density at radius 3 is 2.95 bits per heavy atom. The molecule has 3 nitrogen and oxygen atoms in total. The fourth-order valence-electron chi connectivity index (χ4n) is 1.84. The molecule has 3 aromatic rings. The Bertz CT molecular complexity index is 788. The summed E-state index contributed by atoms with van der Waals surface area (Å²) >= 11 is 7.36. The van der Waals surface area contributed by atoms with Crippen molar-refractivity contribution >= 4 is 44.6 Å². The highest BCUT2D eigenvalue weighted by Crippen LogP contribution is 2.36. The summed E-state index contributed by atoms with van der Waals surface area (Å²) in [6, 6.07) is 7.82. The van der Waals surface area contributed by atoms with Crippen LogP contribution in [0.1, 0.15) is 9.67 Å². The Labute approximate surface area is 123 Å². The Morgan fingerprint density at radius 2 is 2.20 bits per heavy atom. The second kappa shape index (κ2) is 5.19. The number of H-pyrrole nitrogens is 1. The first-order valence-corrected chi connectivity index (χ1v) is 6.99. The van der Waals surface area contributed by atoms with Gasteiger partial charge in [0.25, 0.3) is 5.91 Å². The van der Waals surface area contributed by atoms with Crippen LogP contribution < -0.4 is 10.3 Å². The smallest absolute Gasteiger partial charge is 0.267 e. The zero-order valence-corrected chi connectivity index (χ0v) is 11.7. The van der Waals surface area contributed by atoms with Crippen molar-refractivity contribution in [2.45, 2.75) is 0 Å². The molecule has 0 fully saturated rings. The average molecular weight is 308 g/mol. The summed E-state index contributed by atoms with van der Waals surface area (Å²) in [7, 11) is 0. The Morgan fingerprint density at radius 1 is 1.35 bits per heavy atom. The highest BCUT2D eigenvalue weighted by atomic mass is 35.5. The van der Waals surface area contributed by atoms with Crippen LogP contribution in [0.5, 0.6) is 0 Å². The molecular formula is C14H9ClFN2OS+. The predicted octanol–water partition coefficient (Wildman–Crippen LogP) is 3.76. The third kappa shape index (κ3) is 2.37. The van der Waals surface area contributed by atoms with Crippen molar-refractivity contribution in [1.29, 1.82) is 0 Å². The summed E-state index contributed by atoms with van der Waals surface area (Å²) < 4.78 is 13.8. The van der Waals surface area contributed by atoms with Crippen molar-refractivity contribution in [2.75, 3.05) is 5.32 Å². The van der Waals surface area contributed by atoms with Gasteiger partial charge < -0.3 is 5.32 Å². The van der Waals surface area contributed by atoms with Crippen LogP contribution in [0, 0.1) is 5.82 Å². The minimum atomic E-state index is -0.347. The zero-order valence-electron chi connectivity index (χ0n) is 10.1. The van der Waals surface area contributed by atoms with E-state index in [0.29, 0.717) is 25.7 Å². The minimum Gasteiger partial charge on any atom is -0.316 e. The molecule has 0 aliphatic rings. The molecule has 2 aromatic heterocycles. The van der Waals surface area contributed by atoms with Crippen molar-refractivity contribution in [3.63, 3.8) is 0 Å². The number of rotatable bonds is 2. The quantitative estimate of drug-likeness (QED) is 0.769. The molecule has 2 N–H and O–H groups in total. The van der Waals surface area contributed by atoms with Gasteiger partial charge in [0.15, 0.2) is 12.4 Å². The van der Waals surface area contributed by atoms with Crippen molar-refractivity contribution in [1.82, 2.24) is 0 Å². The summed E-state index contributed by atoms with van der Waals surface area (Å²) in [4.78, 5) is 15.4. The molecule has 20 heavy (non-hydrogen) atoms. The molecule has 3 rings (SSSR count). The van der Waals surface area contributed by atoms with Gasteiger partial charge in [0, 0.05) is 16.2 Å². The number of carbonyl (C=O) groups is 1. The van der Waals surface area contributed by atoms with E-state index < -0.39 is 0 Å². The van der Waals surface area contributed by atoms with Crippen LogP contribution in [0.25, 0.3) is 10.1 Å². The Balaban J connectivity index is 1.97. The molecule has 2 heterocycles. The van der Waals surface area contributed by atoms with Gasteiger partial charge in [0.05, 0.1) is 5.02 Å². The first kappa shape index (κ1) is 13.0. The van der Waals surface area contributed by atoms with Gasteiger partial charge in [-0.3, -0.25) is 4.79 Å². The number of thiophene rings is 1. The summed E-state index contributed by atoms with van der Waals surface area (Å²) in [6.45, 7) is 0. The van der Waals surface area contributed by atoms with Gasteiger partial charge in [-0.05, 0) is 24.3 Å². The molecule has 0 aliphatic carbocycles. The molecule has 1 aromatic carbocycles. The second-order valence-electron chi connectivity index (χ2n) is 4.13. The number of aromatic nitrogens is 1. The molecule has 0 atom stereocenters. The fraction of sp³-hybridized carbons (Fsp3) is 0. The first-order valence-electron chi connectivity index (χ1n) is 5.80. The number of hydrogen-bond donors (Lipinski definition) is 1. The van der Waals surface area contributed by atoms with Crippen molar-refractivity contribution in [3.05, 3.63) is 58.4 Å². The number of hydrogen-bond acceptors (Lipinski definition) is 2. The van der Waals surface area contributed by atoms with Crippen LogP contribution in [0.4, 0.5) is 10.1 Å². The van der Waals surface area contributed by atoms with Crippen LogP contribution in [0.2, 0.25) is 5.02 Å². The number of fused-ring (bicyclic) bond motifs is 1. The molecule has 0 spiro atoms. The maximum absolute atomic E-state index is 13.2. The van der Waals surface area contributed by atoms with E-state index in [-0.39, 0.29) is 11.7 Å². The van der Waals surface area contributed by atoms with E-state index >= 15 is 0 Å². The summed E-state index contributed by atoms with van der Waals surface area (Å²) in [6.07, 6.45) is 3.41. The van der Waals surface area contributed by atoms with Gasteiger partial charge in [-0.2, -0.15) is 0 Å². The average Bonchev–Trinajstić information content (AvgIpc) is 2.76. The molecule has 0 unspecified atom stereocenters. The van der Waals surface area contributed by atoms with Gasteiger partial charge in [-0.15, -0.1) is 11.3 Å². The summed E-state index contributed by atoms with van der Waals surface area (Å²) in [5, 5.41) is 3.77. The number of carbonyl (C=O) groups excluding carboxylic acids is 1. The van der Waals surface area contributed by atoms with Crippen LogP contribution in [0.15, 0.2) is 42.7 Å². The number of amides is 1. The molecule has 0 radical (unpaired) electrons. The predicted molar refractivity (Wildman–Crippen MR) is 77.7 cm³/mol. The number of pyridine rings is 1. The molecular weight excluding hydrogens is 299 g/mol. The normalized spacial score (nSPS) is 10.7. The lowest BCUT2D eigenvalue weighted by molar-refractivity contribution is -0.377. The number of anilines is 1. The van der Waals surface area contributed by atoms with E-state index in [0.717, 1.165) is 0 Å². The molecule has 100 valence electrons. The maximum atomic E-state index is 13.2. The van der Waals surface area contributed by atoms with E-state index in [9.17, 15) is 9.18 Å². The number of aromatic amines is 1. The topological polar surface area (TPSA) is 43.2 Å². The highest BCUT2D eigenvalue weighted by molar-refractivity contribution is 7.21. The van der Waals surface area contributed by atoms with Gasteiger partial charge in [0.1, 0.15) is 16.4 Å². The lowest BCUT2D eigenvalue weighted by Gasteiger charge is -2.00. The highest BCUT2D eigenvalue weighted by Gasteiger charge is 2.18. The van der Waals surface area contributed by atoms with Crippen molar-refractivity contribution < 1.29 is 14.2 Å². The standard InChI is InChI=1S/C14H8ClFN2OS/c15-12-10-4-3-8(16)6-11(10)20-13(12)14(19)18-9-2-1-5-17-7-9/h1-7H,(H,18,19)/p+1. The second-order valence-corrected chi connectivity index (χ2v) is 5.56. The van der Waals surface area contributed by atoms with Gasteiger partial charge in [0.2, 0.25) is 0 Å². The number of halogens is 2. The van der Waals surface area contributed by atoms with E-state index in [2.05, 4.69) is 10.3 Å². The molecule has 0 saturated carbocycles. The maximum Gasteiger partial charge on any atom is 0.267 e. The largest absolute Gasteiger partial charge is 0.316 e. The van der Waals surface area contributed by atoms with Gasteiger partial charge in [-0.1, -0.05) is 11.6 Å². The minimum absolute atomic E-state index is 0.309. The van der Waals surface area contributed by atoms with Crippen LogP contribution in [0.3, 0.4) is 0 Å². The SMILES string of the molecule is O=C(Nc1ccc[nH+]c1)c1sc2cc(F)ccc2c1Cl. The lowest BCUT2D eigenvalue weighted by atomic mass is 10.2. The lowest BCUT2D eigenvalue weighted by Crippen LogP contribution is -2.12. The third-order valence-corrected chi connectivity index (χ3v) is 4.42. The number of benzene rings is 1. The molecule has 0 aliphatic heterocycles. The molecule has 1 amide bonds. The van der Waals surface area contributed by atoms with Crippen molar-refractivity contribution in [2.24, 2.45) is 0 Å². The summed E-state index contributed by atoms with van der Waals surface area (Å²) in [5.41, 5.74) is 0.636. The van der Waals surface area contributed by atoms with Crippen LogP contribution in [-0.2, 0) is 0 Å².